The summed E-state index contributed by atoms with van der Waals surface area (Å²) in [4.78, 5) is 18.3. The highest BCUT2D eigenvalue weighted by atomic mass is 32.2. The Morgan fingerprint density at radius 2 is 1.71 bits per heavy atom. The summed E-state index contributed by atoms with van der Waals surface area (Å²) in [5, 5.41) is 0. The minimum absolute atomic E-state index is 0.0461. The monoisotopic (exact) mass is 395 g/mol. The van der Waals surface area contributed by atoms with E-state index in [2.05, 4.69) is 9.71 Å². The number of anilines is 1. The Kier molecular flexibility index (Phi) is 6.06. The lowest BCUT2D eigenvalue weighted by Gasteiger charge is -2.18. The van der Waals surface area contributed by atoms with Gasteiger partial charge in [0, 0.05) is 37.2 Å². The summed E-state index contributed by atoms with van der Waals surface area (Å²) in [7, 11) is -2.08. The summed E-state index contributed by atoms with van der Waals surface area (Å²) in [5.41, 5.74) is 1.87. The van der Waals surface area contributed by atoms with E-state index in [1.165, 1.54) is 12.1 Å². The lowest BCUT2D eigenvalue weighted by molar-refractivity contribution is 0.0796. The maximum absolute atomic E-state index is 12.7. The molecule has 144 valence electrons. The number of benzene rings is 2. The van der Waals surface area contributed by atoms with Crippen LogP contribution in [-0.4, -0.2) is 37.8 Å². The molecule has 0 aliphatic rings. The van der Waals surface area contributed by atoms with Crippen LogP contribution in [0.25, 0.3) is 0 Å². The van der Waals surface area contributed by atoms with Gasteiger partial charge in [0.05, 0.1) is 4.90 Å². The molecule has 0 spiro atoms. The number of para-hydroxylation sites is 1. The molecule has 0 atom stereocenters. The van der Waals surface area contributed by atoms with Crippen LogP contribution in [0.2, 0.25) is 0 Å². The second-order valence-electron chi connectivity index (χ2n) is 6.33. The van der Waals surface area contributed by atoms with Crippen molar-refractivity contribution in [2.75, 3.05) is 18.3 Å². The average molecular weight is 395 g/mol. The predicted octanol–water partition coefficient (Wildman–Crippen LogP) is 3.20. The van der Waals surface area contributed by atoms with E-state index in [0.717, 1.165) is 5.56 Å². The van der Waals surface area contributed by atoms with Crippen molar-refractivity contribution in [2.45, 2.75) is 11.3 Å². The lowest BCUT2D eigenvalue weighted by atomic mass is 10.1. The molecule has 0 unspecified atom stereocenters. The Balaban J connectivity index is 1.72. The van der Waals surface area contributed by atoms with Crippen molar-refractivity contribution in [3.8, 4) is 0 Å². The van der Waals surface area contributed by atoms with Crippen LogP contribution >= 0.6 is 0 Å². The standard InChI is InChI=1S/C21H21N3O3S/c1-24(15-12-17-10-13-22-14-11-17)21(25)18-6-5-9-20(16-18)28(26,27)23-19-7-3-2-4-8-19/h2-11,13-14,16,23H,12,15H2,1H3. The second-order valence-corrected chi connectivity index (χ2v) is 8.01. The Morgan fingerprint density at radius 1 is 1.00 bits per heavy atom. The Morgan fingerprint density at radius 3 is 2.43 bits per heavy atom. The van der Waals surface area contributed by atoms with Crippen LogP contribution in [0.4, 0.5) is 5.69 Å². The first-order valence-corrected chi connectivity index (χ1v) is 10.3. The van der Waals surface area contributed by atoms with Crippen molar-refractivity contribution in [2.24, 2.45) is 0 Å². The van der Waals surface area contributed by atoms with Crippen LogP contribution in [0.3, 0.4) is 0 Å². The molecule has 3 aromatic rings. The summed E-state index contributed by atoms with van der Waals surface area (Å²) < 4.78 is 27.7. The summed E-state index contributed by atoms with van der Waals surface area (Å²) >= 11 is 0. The number of hydrogen-bond donors (Lipinski definition) is 1. The van der Waals surface area contributed by atoms with Crippen molar-refractivity contribution in [1.82, 2.24) is 9.88 Å². The molecule has 0 aliphatic carbocycles. The van der Waals surface area contributed by atoms with Gasteiger partial charge in [0.1, 0.15) is 0 Å². The topological polar surface area (TPSA) is 79.4 Å². The minimum Gasteiger partial charge on any atom is -0.341 e. The van der Waals surface area contributed by atoms with Gasteiger partial charge in [-0.25, -0.2) is 8.42 Å². The molecule has 1 amide bonds. The molecule has 0 fully saturated rings. The van der Waals surface area contributed by atoms with E-state index < -0.39 is 10.0 Å². The Hall–Kier alpha value is -3.19. The average Bonchev–Trinajstić information content (AvgIpc) is 2.73. The molecule has 7 heteroatoms. The maximum atomic E-state index is 12.7. The fourth-order valence-electron chi connectivity index (χ4n) is 2.68. The Bertz CT molecular complexity index is 1040. The van der Waals surface area contributed by atoms with Gasteiger partial charge in [-0.15, -0.1) is 0 Å². The molecule has 0 bridgehead atoms. The van der Waals surface area contributed by atoms with Gasteiger partial charge in [0.15, 0.2) is 0 Å². The van der Waals surface area contributed by atoms with Crippen LogP contribution in [0, 0.1) is 0 Å². The normalized spacial score (nSPS) is 11.0. The molecule has 2 aromatic carbocycles. The lowest BCUT2D eigenvalue weighted by Crippen LogP contribution is -2.29. The molecular formula is C21H21N3O3S. The fourth-order valence-corrected chi connectivity index (χ4v) is 3.79. The van der Waals surface area contributed by atoms with E-state index in [0.29, 0.717) is 24.2 Å². The number of pyridine rings is 1. The van der Waals surface area contributed by atoms with E-state index >= 15 is 0 Å². The quantitative estimate of drug-likeness (QED) is 0.666. The number of nitrogens with one attached hydrogen (secondary N) is 1. The molecule has 3 rings (SSSR count). The van der Waals surface area contributed by atoms with Gasteiger partial charge in [-0.3, -0.25) is 14.5 Å². The van der Waals surface area contributed by atoms with Crippen LogP contribution in [-0.2, 0) is 16.4 Å². The van der Waals surface area contributed by atoms with Crippen molar-refractivity contribution >= 4 is 21.6 Å². The van der Waals surface area contributed by atoms with Crippen molar-refractivity contribution < 1.29 is 13.2 Å². The summed E-state index contributed by atoms with van der Waals surface area (Å²) in [6.45, 7) is 0.516. The van der Waals surface area contributed by atoms with E-state index in [1.54, 1.807) is 66.8 Å². The third kappa shape index (κ3) is 4.95. The zero-order valence-electron chi connectivity index (χ0n) is 15.4. The van der Waals surface area contributed by atoms with Crippen molar-refractivity contribution in [3.63, 3.8) is 0 Å². The Labute approximate surface area is 164 Å². The smallest absolute Gasteiger partial charge is 0.261 e. The maximum Gasteiger partial charge on any atom is 0.261 e. The van der Waals surface area contributed by atoms with E-state index in [1.807, 2.05) is 12.1 Å². The zero-order valence-corrected chi connectivity index (χ0v) is 16.3. The number of hydrogen-bond acceptors (Lipinski definition) is 4. The SMILES string of the molecule is CN(CCc1ccncc1)C(=O)c1cccc(S(=O)(=O)Nc2ccccc2)c1. The number of amides is 1. The first-order chi connectivity index (χ1) is 13.5. The number of aromatic nitrogens is 1. The second kappa shape index (κ2) is 8.67. The first-order valence-electron chi connectivity index (χ1n) is 8.78. The highest BCUT2D eigenvalue weighted by Crippen LogP contribution is 2.17. The van der Waals surface area contributed by atoms with Gasteiger partial charge in [0.2, 0.25) is 0 Å². The molecule has 28 heavy (non-hydrogen) atoms. The number of sulfonamides is 1. The number of rotatable bonds is 7. The van der Waals surface area contributed by atoms with Crippen LogP contribution in [0.5, 0.6) is 0 Å². The number of likely N-dealkylation sites (N-methyl/N-ethyl adjacent to an activating group) is 1. The van der Waals surface area contributed by atoms with E-state index in [-0.39, 0.29) is 10.8 Å². The fraction of sp³-hybridized carbons (Fsp3) is 0.143. The van der Waals surface area contributed by atoms with Crippen LogP contribution < -0.4 is 4.72 Å². The molecular weight excluding hydrogens is 374 g/mol. The molecule has 0 aliphatic heterocycles. The number of nitrogens with zero attached hydrogens (tertiary/aromatic N) is 2. The largest absolute Gasteiger partial charge is 0.341 e. The van der Waals surface area contributed by atoms with Gasteiger partial charge >= 0.3 is 0 Å². The zero-order chi connectivity index (χ0) is 20.0. The van der Waals surface area contributed by atoms with Gasteiger partial charge < -0.3 is 4.90 Å². The number of carbonyl (C=O) groups excluding carboxylic acids is 1. The molecule has 1 N–H and O–H groups in total. The highest BCUT2D eigenvalue weighted by Gasteiger charge is 2.18. The summed E-state index contributed by atoms with van der Waals surface area (Å²) in [5.74, 6) is -0.231. The minimum atomic E-state index is -3.78. The molecule has 1 aromatic heterocycles. The van der Waals surface area contributed by atoms with Crippen molar-refractivity contribution in [3.05, 3.63) is 90.3 Å². The van der Waals surface area contributed by atoms with E-state index in [9.17, 15) is 13.2 Å². The molecule has 6 nitrogen and oxygen atoms in total. The molecule has 0 saturated carbocycles. The van der Waals surface area contributed by atoms with Crippen molar-refractivity contribution in [1.29, 1.82) is 0 Å². The third-order valence-electron chi connectivity index (χ3n) is 4.25. The van der Waals surface area contributed by atoms with Gasteiger partial charge in [-0.05, 0) is 54.4 Å². The number of carbonyl (C=O) groups is 1. The summed E-state index contributed by atoms with van der Waals surface area (Å²) in [6, 6.07) is 18.5. The van der Waals surface area contributed by atoms with E-state index in [4.69, 9.17) is 0 Å². The summed E-state index contributed by atoms with van der Waals surface area (Å²) in [6.07, 6.45) is 4.12. The van der Waals surface area contributed by atoms with Gasteiger partial charge in [-0.1, -0.05) is 24.3 Å². The van der Waals surface area contributed by atoms with Gasteiger partial charge in [0.25, 0.3) is 15.9 Å². The van der Waals surface area contributed by atoms with Gasteiger partial charge in [-0.2, -0.15) is 0 Å². The predicted molar refractivity (Wildman–Crippen MR) is 109 cm³/mol. The molecule has 0 radical (unpaired) electrons. The first kappa shape index (κ1) is 19.6. The third-order valence-corrected chi connectivity index (χ3v) is 5.63. The van der Waals surface area contributed by atoms with Crippen LogP contribution in [0.1, 0.15) is 15.9 Å². The van der Waals surface area contributed by atoms with Crippen LogP contribution in [0.15, 0.2) is 84.0 Å². The molecule has 0 saturated heterocycles. The highest BCUT2D eigenvalue weighted by molar-refractivity contribution is 7.92. The molecule has 1 heterocycles.